The van der Waals surface area contributed by atoms with Gasteiger partial charge in [-0.15, -0.1) is 0 Å². The van der Waals surface area contributed by atoms with Crippen molar-refractivity contribution in [3.8, 4) is 0 Å². The molecule has 0 spiro atoms. The van der Waals surface area contributed by atoms with Crippen LogP contribution in [0.5, 0.6) is 0 Å². The number of hydrogen-bond donors (Lipinski definition) is 0. The van der Waals surface area contributed by atoms with Crippen molar-refractivity contribution in [3.63, 3.8) is 0 Å². The first kappa shape index (κ1) is 13.6. The maximum Gasteiger partial charge on any atom is 0.0672 e. The third kappa shape index (κ3) is 2.49. The average Bonchev–Trinajstić information content (AvgIpc) is 3.07. The Bertz CT molecular complexity index is 455. The maximum absolute atomic E-state index is 6.08. The fourth-order valence-electron chi connectivity index (χ4n) is 3.50. The van der Waals surface area contributed by atoms with Gasteiger partial charge in [-0.25, -0.2) is 0 Å². The van der Waals surface area contributed by atoms with Crippen molar-refractivity contribution in [1.82, 2.24) is 9.78 Å². The number of alkyl halides is 1. The van der Waals surface area contributed by atoms with E-state index >= 15 is 0 Å². The summed E-state index contributed by atoms with van der Waals surface area (Å²) in [5, 5.41) is 5.62. The molecule has 1 aromatic rings. The summed E-state index contributed by atoms with van der Waals surface area (Å²) in [6, 6.07) is 2.25. The minimum atomic E-state index is 0.278. The summed E-state index contributed by atoms with van der Waals surface area (Å²) in [4.78, 5) is 0. The van der Waals surface area contributed by atoms with Gasteiger partial charge in [0.25, 0.3) is 0 Å². The third-order valence-corrected chi connectivity index (χ3v) is 5.75. The first-order valence-corrected chi connectivity index (χ1v) is 8.51. The van der Waals surface area contributed by atoms with Crippen molar-refractivity contribution in [2.45, 2.75) is 52.2 Å². The minimum Gasteiger partial charge on any atom is -0.377 e. The summed E-state index contributed by atoms with van der Waals surface area (Å²) >= 11 is 3.77. The molecule has 3 nitrogen and oxygen atoms in total. The molecule has 0 radical (unpaired) electrons. The Kier molecular flexibility index (Phi) is 3.73. The lowest BCUT2D eigenvalue weighted by Crippen LogP contribution is -2.37. The molecule has 0 amide bonds. The van der Waals surface area contributed by atoms with Gasteiger partial charge in [0.05, 0.1) is 11.8 Å². The molecule has 1 aliphatic carbocycles. The normalized spacial score (nSPS) is 31.0. The molecule has 0 N–H and O–H groups in total. The molecule has 106 valence electrons. The van der Waals surface area contributed by atoms with Gasteiger partial charge in [0, 0.05) is 29.6 Å². The molecule has 2 atom stereocenters. The lowest BCUT2D eigenvalue weighted by atomic mass is 9.77. The quantitative estimate of drug-likeness (QED) is 0.776. The molecule has 1 saturated heterocycles. The highest BCUT2D eigenvalue weighted by Crippen LogP contribution is 2.50. The molecule has 4 heteroatoms. The topological polar surface area (TPSA) is 27.1 Å². The molecule has 2 aliphatic rings. The molecule has 0 bridgehead atoms. The van der Waals surface area contributed by atoms with Gasteiger partial charge in [-0.05, 0) is 51.5 Å². The van der Waals surface area contributed by atoms with Gasteiger partial charge < -0.3 is 4.74 Å². The molecule has 2 unspecified atom stereocenters. The van der Waals surface area contributed by atoms with E-state index in [-0.39, 0.29) is 5.41 Å². The Morgan fingerprint density at radius 3 is 2.95 bits per heavy atom. The van der Waals surface area contributed by atoms with Crippen molar-refractivity contribution in [1.29, 1.82) is 0 Å². The third-order valence-electron chi connectivity index (χ3n) is 4.64. The van der Waals surface area contributed by atoms with Crippen LogP contribution in [0, 0.1) is 18.3 Å². The summed E-state index contributed by atoms with van der Waals surface area (Å²) in [5.41, 5.74) is 2.78. The van der Waals surface area contributed by atoms with Gasteiger partial charge >= 0.3 is 0 Å². The van der Waals surface area contributed by atoms with Crippen LogP contribution < -0.4 is 0 Å². The molecule has 1 aliphatic heterocycles. The number of nitrogens with zero attached hydrogens (tertiary/aromatic N) is 2. The Morgan fingerprint density at radius 2 is 2.32 bits per heavy atom. The molecule has 1 saturated carbocycles. The van der Waals surface area contributed by atoms with E-state index in [1.807, 2.05) is 0 Å². The number of halogens is 1. The minimum absolute atomic E-state index is 0.278. The summed E-state index contributed by atoms with van der Waals surface area (Å²) in [6.07, 6.45) is 5.42. The van der Waals surface area contributed by atoms with Crippen LogP contribution in [0.2, 0.25) is 0 Å². The van der Waals surface area contributed by atoms with Crippen LogP contribution in [0.3, 0.4) is 0 Å². The van der Waals surface area contributed by atoms with Crippen molar-refractivity contribution in [3.05, 3.63) is 17.5 Å². The van der Waals surface area contributed by atoms with Crippen molar-refractivity contribution in [2.75, 3.05) is 11.9 Å². The maximum atomic E-state index is 6.08. The van der Waals surface area contributed by atoms with Gasteiger partial charge in [-0.3, -0.25) is 4.68 Å². The van der Waals surface area contributed by atoms with Gasteiger partial charge in [0.15, 0.2) is 0 Å². The SMILES string of the molecule is CCn1nc(C)cc1CC1(CBr)CCOC1C1CC1. The summed E-state index contributed by atoms with van der Waals surface area (Å²) in [7, 11) is 0. The molecular formula is C15H23BrN2O. The van der Waals surface area contributed by atoms with Gasteiger partial charge in [0.1, 0.15) is 0 Å². The second-order valence-corrected chi connectivity index (χ2v) is 6.71. The van der Waals surface area contributed by atoms with Gasteiger partial charge in [-0.1, -0.05) is 15.9 Å². The summed E-state index contributed by atoms with van der Waals surface area (Å²) in [6.45, 7) is 6.13. The predicted octanol–water partition coefficient (Wildman–Crippen LogP) is 3.33. The highest BCUT2D eigenvalue weighted by molar-refractivity contribution is 9.09. The second kappa shape index (κ2) is 5.21. The van der Waals surface area contributed by atoms with Crippen LogP contribution in [0.1, 0.15) is 37.6 Å². The molecule has 2 heterocycles. The fraction of sp³-hybridized carbons (Fsp3) is 0.800. The number of aryl methyl sites for hydroxylation is 2. The van der Waals surface area contributed by atoms with Crippen molar-refractivity contribution in [2.24, 2.45) is 11.3 Å². The molecule has 19 heavy (non-hydrogen) atoms. The lowest BCUT2D eigenvalue weighted by molar-refractivity contribution is 0.0405. The number of ether oxygens (including phenoxy) is 1. The second-order valence-electron chi connectivity index (χ2n) is 6.14. The van der Waals surface area contributed by atoms with Crippen LogP contribution >= 0.6 is 15.9 Å². The van der Waals surface area contributed by atoms with E-state index in [2.05, 4.69) is 45.6 Å². The van der Waals surface area contributed by atoms with E-state index in [1.165, 1.54) is 25.0 Å². The zero-order chi connectivity index (χ0) is 13.5. The van der Waals surface area contributed by atoms with Crippen molar-refractivity contribution >= 4 is 15.9 Å². The van der Waals surface area contributed by atoms with Crippen LogP contribution in [0.4, 0.5) is 0 Å². The zero-order valence-corrected chi connectivity index (χ0v) is 13.4. The Morgan fingerprint density at radius 1 is 1.53 bits per heavy atom. The van der Waals surface area contributed by atoms with E-state index in [0.29, 0.717) is 6.10 Å². The van der Waals surface area contributed by atoms with Crippen LogP contribution in [0.15, 0.2) is 6.07 Å². The van der Waals surface area contributed by atoms with E-state index in [9.17, 15) is 0 Å². The number of aromatic nitrogens is 2. The van der Waals surface area contributed by atoms with E-state index in [1.54, 1.807) is 0 Å². The smallest absolute Gasteiger partial charge is 0.0672 e. The largest absolute Gasteiger partial charge is 0.377 e. The van der Waals surface area contributed by atoms with Crippen molar-refractivity contribution < 1.29 is 4.74 Å². The van der Waals surface area contributed by atoms with Gasteiger partial charge in [0.2, 0.25) is 0 Å². The molecule has 0 aromatic carbocycles. The van der Waals surface area contributed by atoms with Crippen LogP contribution in [-0.4, -0.2) is 27.8 Å². The standard InChI is InChI=1S/C15H23BrN2O/c1-3-18-13(8-11(2)17-18)9-15(10-16)6-7-19-14(15)12-4-5-12/h8,12,14H,3-7,9-10H2,1-2H3. The Labute approximate surface area is 123 Å². The predicted molar refractivity (Wildman–Crippen MR) is 79.7 cm³/mol. The molecule has 3 rings (SSSR count). The number of rotatable bonds is 5. The molecular weight excluding hydrogens is 304 g/mol. The molecule has 2 fully saturated rings. The lowest BCUT2D eigenvalue weighted by Gasteiger charge is -2.32. The Hall–Kier alpha value is -0.350. The van der Waals surface area contributed by atoms with Gasteiger partial charge in [-0.2, -0.15) is 5.10 Å². The average molecular weight is 327 g/mol. The number of hydrogen-bond acceptors (Lipinski definition) is 2. The van der Waals surface area contributed by atoms with E-state index in [0.717, 1.165) is 36.5 Å². The summed E-state index contributed by atoms with van der Waals surface area (Å²) < 4.78 is 8.23. The first-order valence-electron chi connectivity index (χ1n) is 7.39. The van der Waals surface area contributed by atoms with E-state index < -0.39 is 0 Å². The zero-order valence-electron chi connectivity index (χ0n) is 11.9. The van der Waals surface area contributed by atoms with Crippen LogP contribution in [-0.2, 0) is 17.7 Å². The monoisotopic (exact) mass is 326 g/mol. The summed E-state index contributed by atoms with van der Waals surface area (Å²) in [5.74, 6) is 0.805. The highest BCUT2D eigenvalue weighted by atomic mass is 79.9. The Balaban J connectivity index is 1.85. The highest BCUT2D eigenvalue weighted by Gasteiger charge is 2.50. The van der Waals surface area contributed by atoms with Crippen LogP contribution in [0.25, 0.3) is 0 Å². The molecule has 1 aromatic heterocycles. The van der Waals surface area contributed by atoms with E-state index in [4.69, 9.17) is 4.74 Å². The fourth-order valence-corrected chi connectivity index (χ4v) is 4.30. The first-order chi connectivity index (χ1) is 9.18.